The van der Waals surface area contributed by atoms with Crippen molar-refractivity contribution in [2.24, 2.45) is 5.73 Å². The molecule has 1 aromatic rings. The number of nitrogens with one attached hydrogen (secondary N) is 1. The Morgan fingerprint density at radius 3 is 2.63 bits per heavy atom. The Kier molecular flexibility index (Phi) is 4.55. The van der Waals surface area contributed by atoms with Crippen LogP contribution in [0.1, 0.15) is 25.8 Å². The Labute approximate surface area is 109 Å². The molecular weight excluding hydrogens is 253 g/mol. The Balaban J connectivity index is 2.71. The molecule has 0 atom stereocenters. The lowest BCUT2D eigenvalue weighted by Crippen LogP contribution is -2.42. The average molecular weight is 269 g/mol. The molecule has 1 aromatic carbocycles. The van der Waals surface area contributed by atoms with E-state index in [-0.39, 0.29) is 13.0 Å². The smallest absolute Gasteiger partial charge is 0.304 e. The third-order valence-corrected chi connectivity index (χ3v) is 2.60. The molecule has 7 heteroatoms. The van der Waals surface area contributed by atoms with Crippen LogP contribution in [0.3, 0.4) is 0 Å². The van der Waals surface area contributed by atoms with Crippen LogP contribution in [0, 0.1) is 15.9 Å². The quantitative estimate of drug-likeness (QED) is 0.603. The fourth-order valence-corrected chi connectivity index (χ4v) is 1.65. The van der Waals surface area contributed by atoms with E-state index in [4.69, 9.17) is 5.73 Å². The first-order valence-electron chi connectivity index (χ1n) is 5.67. The zero-order valence-electron chi connectivity index (χ0n) is 10.8. The van der Waals surface area contributed by atoms with Gasteiger partial charge in [0, 0.05) is 24.6 Å². The van der Waals surface area contributed by atoms with Gasteiger partial charge in [0.15, 0.2) is 0 Å². The van der Waals surface area contributed by atoms with E-state index < -0.39 is 27.9 Å². The number of nitro benzene ring substituents is 1. The van der Waals surface area contributed by atoms with Crippen molar-refractivity contribution < 1.29 is 14.1 Å². The lowest BCUT2D eigenvalue weighted by molar-refractivity contribution is -0.387. The molecule has 6 nitrogen and oxygen atoms in total. The zero-order chi connectivity index (χ0) is 14.6. The number of nitrogens with zero attached hydrogens (tertiary/aromatic N) is 1. The van der Waals surface area contributed by atoms with Crippen molar-refractivity contribution in [3.05, 3.63) is 39.7 Å². The third-order valence-electron chi connectivity index (χ3n) is 2.60. The van der Waals surface area contributed by atoms with Crippen LogP contribution in [0.25, 0.3) is 0 Å². The molecule has 0 fully saturated rings. The summed E-state index contributed by atoms with van der Waals surface area (Å²) in [5, 5.41) is 13.5. The number of nitrogens with two attached hydrogens (primary N) is 1. The molecule has 0 saturated carbocycles. The SMILES string of the molecule is CC(C)(CC(N)=O)NCc1ccc([N+](=O)[O-])c(F)c1. The summed E-state index contributed by atoms with van der Waals surface area (Å²) in [5.74, 6) is -1.32. The summed E-state index contributed by atoms with van der Waals surface area (Å²) in [4.78, 5) is 20.5. The molecule has 3 N–H and O–H groups in total. The van der Waals surface area contributed by atoms with E-state index in [1.54, 1.807) is 13.8 Å². The topological polar surface area (TPSA) is 98.3 Å². The molecule has 0 unspecified atom stereocenters. The van der Waals surface area contributed by atoms with E-state index >= 15 is 0 Å². The average Bonchev–Trinajstić information content (AvgIpc) is 2.24. The van der Waals surface area contributed by atoms with E-state index in [1.807, 2.05) is 0 Å². The summed E-state index contributed by atoms with van der Waals surface area (Å²) in [5.41, 5.74) is 4.59. The van der Waals surface area contributed by atoms with Gasteiger partial charge in [-0.2, -0.15) is 4.39 Å². The Morgan fingerprint density at radius 2 is 2.16 bits per heavy atom. The van der Waals surface area contributed by atoms with Crippen LogP contribution in [0.15, 0.2) is 18.2 Å². The summed E-state index contributed by atoms with van der Waals surface area (Å²) in [7, 11) is 0. The fourth-order valence-electron chi connectivity index (χ4n) is 1.65. The lowest BCUT2D eigenvalue weighted by Gasteiger charge is -2.24. The number of amides is 1. The van der Waals surface area contributed by atoms with Gasteiger partial charge in [-0.15, -0.1) is 0 Å². The van der Waals surface area contributed by atoms with Gasteiger partial charge >= 0.3 is 5.69 Å². The maximum absolute atomic E-state index is 13.4. The molecule has 0 aliphatic carbocycles. The number of primary amides is 1. The van der Waals surface area contributed by atoms with Gasteiger partial charge in [-0.3, -0.25) is 14.9 Å². The van der Waals surface area contributed by atoms with Crippen molar-refractivity contribution in [3.8, 4) is 0 Å². The van der Waals surface area contributed by atoms with Gasteiger partial charge in [-0.1, -0.05) is 6.07 Å². The molecule has 1 amide bonds. The number of carbonyl (C=O) groups excluding carboxylic acids is 1. The second-order valence-electron chi connectivity index (χ2n) is 4.92. The fraction of sp³-hybridized carbons (Fsp3) is 0.417. The maximum Gasteiger partial charge on any atom is 0.304 e. The van der Waals surface area contributed by atoms with Gasteiger partial charge < -0.3 is 11.1 Å². The summed E-state index contributed by atoms with van der Waals surface area (Å²) in [6.07, 6.45) is 0.141. The zero-order valence-corrected chi connectivity index (χ0v) is 10.8. The minimum absolute atomic E-state index is 0.141. The van der Waals surface area contributed by atoms with Crippen LogP contribution in [0.4, 0.5) is 10.1 Å². The second-order valence-corrected chi connectivity index (χ2v) is 4.92. The Morgan fingerprint density at radius 1 is 1.53 bits per heavy atom. The van der Waals surface area contributed by atoms with Gasteiger partial charge in [0.1, 0.15) is 0 Å². The predicted octanol–water partition coefficient (Wildman–Crippen LogP) is 1.48. The monoisotopic (exact) mass is 269 g/mol. The van der Waals surface area contributed by atoms with Crippen LogP contribution in [-0.2, 0) is 11.3 Å². The highest BCUT2D eigenvalue weighted by Crippen LogP contribution is 2.18. The summed E-state index contributed by atoms with van der Waals surface area (Å²) >= 11 is 0. The molecule has 1 rings (SSSR count). The number of nitro groups is 1. The van der Waals surface area contributed by atoms with E-state index in [1.165, 1.54) is 6.07 Å². The van der Waals surface area contributed by atoms with Gasteiger partial charge in [-0.25, -0.2) is 0 Å². The van der Waals surface area contributed by atoms with Crippen LogP contribution in [0.5, 0.6) is 0 Å². The van der Waals surface area contributed by atoms with Crippen LogP contribution in [0.2, 0.25) is 0 Å². The molecule has 0 aromatic heterocycles. The first-order chi connectivity index (χ1) is 8.71. The highest BCUT2D eigenvalue weighted by Gasteiger charge is 2.20. The molecule has 0 saturated heterocycles. The first-order valence-corrected chi connectivity index (χ1v) is 5.67. The molecule has 0 spiro atoms. The van der Waals surface area contributed by atoms with Gasteiger partial charge in [-0.05, 0) is 25.5 Å². The highest BCUT2D eigenvalue weighted by molar-refractivity contribution is 5.74. The molecule has 19 heavy (non-hydrogen) atoms. The molecule has 0 bridgehead atoms. The minimum Gasteiger partial charge on any atom is -0.370 e. The van der Waals surface area contributed by atoms with Crippen molar-refractivity contribution in [1.82, 2.24) is 5.32 Å². The van der Waals surface area contributed by atoms with E-state index in [0.29, 0.717) is 5.56 Å². The van der Waals surface area contributed by atoms with E-state index in [9.17, 15) is 19.3 Å². The minimum atomic E-state index is -0.878. The molecule has 0 aliphatic rings. The number of carbonyl (C=O) groups is 1. The van der Waals surface area contributed by atoms with E-state index in [2.05, 4.69) is 5.32 Å². The molecule has 104 valence electrons. The number of hydrogen-bond acceptors (Lipinski definition) is 4. The van der Waals surface area contributed by atoms with Gasteiger partial charge in [0.05, 0.1) is 4.92 Å². The normalized spacial score (nSPS) is 11.3. The Bertz CT molecular complexity index is 503. The largest absolute Gasteiger partial charge is 0.370 e. The number of hydrogen-bond donors (Lipinski definition) is 2. The summed E-state index contributed by atoms with van der Waals surface area (Å²) < 4.78 is 13.4. The summed E-state index contributed by atoms with van der Waals surface area (Å²) in [6.45, 7) is 3.87. The number of rotatable bonds is 6. The maximum atomic E-state index is 13.4. The van der Waals surface area contributed by atoms with Crippen LogP contribution >= 0.6 is 0 Å². The predicted molar refractivity (Wildman–Crippen MR) is 67.8 cm³/mol. The van der Waals surface area contributed by atoms with Gasteiger partial charge in [0.25, 0.3) is 0 Å². The molecule has 0 heterocycles. The standard InChI is InChI=1S/C12H16FN3O3/c1-12(2,6-11(14)17)15-7-8-3-4-10(16(18)19)9(13)5-8/h3-5,15H,6-7H2,1-2H3,(H2,14,17). The van der Waals surface area contributed by atoms with Gasteiger partial charge in [0.2, 0.25) is 11.7 Å². The van der Waals surface area contributed by atoms with Crippen LogP contribution in [-0.4, -0.2) is 16.4 Å². The molecule has 0 radical (unpaired) electrons. The molecular formula is C12H16FN3O3. The third kappa shape index (κ3) is 4.63. The van der Waals surface area contributed by atoms with Crippen molar-refractivity contribution in [1.29, 1.82) is 0 Å². The Hall–Kier alpha value is -2.02. The van der Waals surface area contributed by atoms with Crippen molar-refractivity contribution in [2.45, 2.75) is 32.4 Å². The highest BCUT2D eigenvalue weighted by atomic mass is 19.1. The van der Waals surface area contributed by atoms with Crippen molar-refractivity contribution in [2.75, 3.05) is 0 Å². The van der Waals surface area contributed by atoms with E-state index in [0.717, 1.165) is 12.1 Å². The number of benzene rings is 1. The number of halogens is 1. The molecule has 0 aliphatic heterocycles. The van der Waals surface area contributed by atoms with Crippen molar-refractivity contribution in [3.63, 3.8) is 0 Å². The van der Waals surface area contributed by atoms with Crippen molar-refractivity contribution >= 4 is 11.6 Å². The summed E-state index contributed by atoms with van der Waals surface area (Å²) in [6, 6.07) is 3.69. The first kappa shape index (κ1) is 15.0. The lowest BCUT2D eigenvalue weighted by atomic mass is 10.00. The second kappa shape index (κ2) is 5.75. The van der Waals surface area contributed by atoms with Crippen LogP contribution < -0.4 is 11.1 Å².